The first-order valence-corrected chi connectivity index (χ1v) is 9.63. The molecule has 1 aliphatic carbocycles. The average molecular weight is 361 g/mol. The van der Waals surface area contributed by atoms with Gasteiger partial charge in [-0.2, -0.15) is 4.98 Å². The van der Waals surface area contributed by atoms with E-state index in [1.54, 1.807) is 4.52 Å². The number of nitrogens with zero attached hydrogens (tertiary/aromatic N) is 4. The van der Waals surface area contributed by atoms with Gasteiger partial charge >= 0.3 is 0 Å². The van der Waals surface area contributed by atoms with Crippen LogP contribution < -0.4 is 5.32 Å². The van der Waals surface area contributed by atoms with Crippen molar-refractivity contribution in [3.63, 3.8) is 0 Å². The summed E-state index contributed by atoms with van der Waals surface area (Å²) in [7, 11) is 0. The molecule has 3 aromatic rings. The number of anilines is 1. The van der Waals surface area contributed by atoms with Crippen molar-refractivity contribution in [2.24, 2.45) is 11.8 Å². The Bertz CT molecular complexity index is 983. The lowest BCUT2D eigenvalue weighted by atomic mass is 10.0. The monoisotopic (exact) mass is 361 g/mol. The summed E-state index contributed by atoms with van der Waals surface area (Å²) in [6, 6.07) is 12.7. The Labute approximate surface area is 158 Å². The zero-order chi connectivity index (χ0) is 18.4. The summed E-state index contributed by atoms with van der Waals surface area (Å²) < 4.78 is 1.73. The molecule has 2 aromatic heterocycles. The van der Waals surface area contributed by atoms with Gasteiger partial charge in [0.05, 0.1) is 0 Å². The minimum Gasteiger partial charge on any atom is -0.298 e. The normalized spacial score (nSPS) is 17.8. The molecule has 1 aromatic carbocycles. The average Bonchev–Trinajstić information content (AvgIpc) is 3.41. The quantitative estimate of drug-likeness (QED) is 0.758. The number of carbonyl (C=O) groups is 1. The molecule has 1 amide bonds. The predicted octanol–water partition coefficient (Wildman–Crippen LogP) is 3.20. The van der Waals surface area contributed by atoms with Gasteiger partial charge in [-0.05, 0) is 42.0 Å². The fraction of sp³-hybridized carbons (Fsp3) is 0.381. The highest BCUT2D eigenvalue weighted by atomic mass is 16.2. The molecule has 138 valence electrons. The van der Waals surface area contributed by atoms with Crippen LogP contribution in [0.4, 0.5) is 5.95 Å². The highest BCUT2D eigenvalue weighted by molar-refractivity contribution is 5.93. The largest absolute Gasteiger partial charge is 0.298 e. The Balaban J connectivity index is 1.38. The summed E-state index contributed by atoms with van der Waals surface area (Å²) in [5.74, 6) is 1.36. The van der Waals surface area contributed by atoms with Crippen molar-refractivity contribution >= 4 is 17.5 Å². The summed E-state index contributed by atoms with van der Waals surface area (Å²) in [5.41, 5.74) is 4.21. The number of benzene rings is 1. The Morgan fingerprint density at radius 1 is 1.19 bits per heavy atom. The molecule has 0 atom stereocenters. The smallest absolute Gasteiger partial charge is 0.249 e. The molecule has 2 fully saturated rings. The number of hydrogen-bond acceptors (Lipinski definition) is 4. The summed E-state index contributed by atoms with van der Waals surface area (Å²) in [6.07, 6.45) is 3.79. The first kappa shape index (κ1) is 16.4. The highest BCUT2D eigenvalue weighted by Gasteiger charge is 2.30. The van der Waals surface area contributed by atoms with Crippen LogP contribution in [-0.4, -0.2) is 38.5 Å². The fourth-order valence-corrected chi connectivity index (χ4v) is 3.75. The SMILES string of the molecule is CC1CN(Cc2ccc(-c3cccn4nc(NC(=O)C5CC5)nc34)cc2)C1. The molecule has 6 nitrogen and oxygen atoms in total. The molecule has 5 rings (SSSR count). The summed E-state index contributed by atoms with van der Waals surface area (Å²) in [6.45, 7) is 5.68. The Kier molecular flexibility index (Phi) is 3.93. The molecule has 6 heteroatoms. The first-order chi connectivity index (χ1) is 13.2. The molecular weight excluding hydrogens is 338 g/mol. The predicted molar refractivity (Wildman–Crippen MR) is 104 cm³/mol. The van der Waals surface area contributed by atoms with Crippen LogP contribution in [-0.2, 0) is 11.3 Å². The molecule has 0 unspecified atom stereocenters. The van der Waals surface area contributed by atoms with Crippen molar-refractivity contribution < 1.29 is 4.79 Å². The Morgan fingerprint density at radius 2 is 1.96 bits per heavy atom. The van der Waals surface area contributed by atoms with Crippen LogP contribution in [0.5, 0.6) is 0 Å². The second kappa shape index (κ2) is 6.46. The van der Waals surface area contributed by atoms with Crippen molar-refractivity contribution in [2.45, 2.75) is 26.3 Å². The molecular formula is C21H23N5O. The van der Waals surface area contributed by atoms with E-state index in [0.29, 0.717) is 5.95 Å². The molecule has 2 aliphatic rings. The zero-order valence-corrected chi connectivity index (χ0v) is 15.4. The lowest BCUT2D eigenvalue weighted by molar-refractivity contribution is -0.117. The number of hydrogen-bond donors (Lipinski definition) is 1. The Morgan fingerprint density at radius 3 is 2.67 bits per heavy atom. The number of aromatic nitrogens is 3. The maximum absolute atomic E-state index is 12.0. The molecule has 0 bridgehead atoms. The van der Waals surface area contributed by atoms with E-state index in [1.165, 1.54) is 18.7 Å². The molecule has 3 heterocycles. The van der Waals surface area contributed by atoms with Gasteiger partial charge in [-0.1, -0.05) is 31.2 Å². The topological polar surface area (TPSA) is 62.5 Å². The van der Waals surface area contributed by atoms with E-state index in [-0.39, 0.29) is 11.8 Å². The van der Waals surface area contributed by atoms with Crippen molar-refractivity contribution in [3.8, 4) is 11.1 Å². The van der Waals surface area contributed by atoms with E-state index in [4.69, 9.17) is 0 Å². The Hall–Kier alpha value is -2.73. The van der Waals surface area contributed by atoms with Gasteiger partial charge in [-0.15, -0.1) is 5.10 Å². The van der Waals surface area contributed by atoms with E-state index in [9.17, 15) is 4.79 Å². The lowest BCUT2D eigenvalue weighted by Crippen LogP contribution is -2.44. The van der Waals surface area contributed by atoms with Gasteiger partial charge in [0.15, 0.2) is 5.65 Å². The van der Waals surface area contributed by atoms with Crippen LogP contribution in [0.1, 0.15) is 25.3 Å². The van der Waals surface area contributed by atoms with Crippen LogP contribution in [0.15, 0.2) is 42.6 Å². The van der Waals surface area contributed by atoms with E-state index < -0.39 is 0 Å². The summed E-state index contributed by atoms with van der Waals surface area (Å²) in [4.78, 5) is 19.0. The first-order valence-electron chi connectivity index (χ1n) is 9.63. The summed E-state index contributed by atoms with van der Waals surface area (Å²) in [5, 5.41) is 7.23. The van der Waals surface area contributed by atoms with Gasteiger partial charge in [0, 0.05) is 37.3 Å². The highest BCUT2D eigenvalue weighted by Crippen LogP contribution is 2.30. The number of pyridine rings is 1. The van der Waals surface area contributed by atoms with E-state index in [2.05, 4.69) is 51.5 Å². The van der Waals surface area contributed by atoms with E-state index in [0.717, 1.165) is 42.1 Å². The van der Waals surface area contributed by atoms with Crippen molar-refractivity contribution in [2.75, 3.05) is 18.4 Å². The van der Waals surface area contributed by atoms with Crippen LogP contribution in [0.3, 0.4) is 0 Å². The lowest BCUT2D eigenvalue weighted by Gasteiger charge is -2.37. The number of carbonyl (C=O) groups excluding carboxylic acids is 1. The van der Waals surface area contributed by atoms with Gasteiger partial charge in [-0.25, -0.2) is 4.52 Å². The number of amides is 1. The molecule has 0 radical (unpaired) electrons. The van der Waals surface area contributed by atoms with Crippen molar-refractivity contribution in [1.82, 2.24) is 19.5 Å². The third kappa shape index (κ3) is 3.32. The molecule has 0 spiro atoms. The van der Waals surface area contributed by atoms with Crippen LogP contribution >= 0.6 is 0 Å². The minimum absolute atomic E-state index is 0.0251. The van der Waals surface area contributed by atoms with Gasteiger partial charge in [0.2, 0.25) is 11.9 Å². The van der Waals surface area contributed by atoms with Gasteiger partial charge in [0.1, 0.15) is 0 Å². The summed E-state index contributed by atoms with van der Waals surface area (Å²) >= 11 is 0. The maximum Gasteiger partial charge on any atom is 0.249 e. The number of likely N-dealkylation sites (tertiary alicyclic amines) is 1. The third-order valence-electron chi connectivity index (χ3n) is 5.36. The molecule has 1 saturated heterocycles. The zero-order valence-electron chi connectivity index (χ0n) is 15.4. The van der Waals surface area contributed by atoms with Crippen LogP contribution in [0.25, 0.3) is 16.8 Å². The number of fused-ring (bicyclic) bond motifs is 1. The maximum atomic E-state index is 12.0. The minimum atomic E-state index is 0.0251. The number of nitrogens with one attached hydrogen (secondary N) is 1. The van der Waals surface area contributed by atoms with Gasteiger partial charge in [-0.3, -0.25) is 15.0 Å². The van der Waals surface area contributed by atoms with Crippen molar-refractivity contribution in [1.29, 1.82) is 0 Å². The number of rotatable bonds is 5. The molecule has 1 aliphatic heterocycles. The standard InChI is InChI=1S/C21H23N5O/c1-14-11-25(12-14)13-15-4-6-16(7-5-15)18-3-2-10-26-19(18)22-21(24-26)23-20(27)17-8-9-17/h2-7,10,14,17H,8-9,11-13H2,1H3,(H,23,24,27). The van der Waals surface area contributed by atoms with Gasteiger partial charge in [0.25, 0.3) is 0 Å². The third-order valence-corrected chi connectivity index (χ3v) is 5.36. The van der Waals surface area contributed by atoms with Crippen LogP contribution in [0, 0.1) is 11.8 Å². The fourth-order valence-electron chi connectivity index (χ4n) is 3.75. The van der Waals surface area contributed by atoms with Gasteiger partial charge < -0.3 is 0 Å². The van der Waals surface area contributed by atoms with E-state index in [1.807, 2.05) is 18.3 Å². The van der Waals surface area contributed by atoms with E-state index >= 15 is 0 Å². The second-order valence-corrected chi connectivity index (χ2v) is 7.89. The van der Waals surface area contributed by atoms with Crippen LogP contribution in [0.2, 0.25) is 0 Å². The molecule has 1 saturated carbocycles. The molecule has 1 N–H and O–H groups in total. The van der Waals surface area contributed by atoms with Crippen molar-refractivity contribution in [3.05, 3.63) is 48.2 Å². The second-order valence-electron chi connectivity index (χ2n) is 7.89. The molecule has 27 heavy (non-hydrogen) atoms.